The molecule has 3 fully saturated rings. The number of allylic oxidation sites excluding steroid dienone is 2. The van der Waals surface area contributed by atoms with Gasteiger partial charge in [-0.05, 0) is 74.0 Å². The van der Waals surface area contributed by atoms with E-state index < -0.39 is 0 Å². The smallest absolute Gasteiger partial charge is 0.139 e. The number of ketones is 1. The monoisotopic (exact) mass is 272 g/mol. The molecule has 4 aliphatic rings. The average Bonchev–Trinajstić information content (AvgIpc) is 2.74. The second kappa shape index (κ2) is 4.21. The predicted molar refractivity (Wildman–Crippen MR) is 81.3 cm³/mol. The molecule has 110 valence electrons. The number of hydrogen-bond donors (Lipinski definition) is 0. The van der Waals surface area contributed by atoms with Gasteiger partial charge in [-0.15, -0.1) is 0 Å². The van der Waals surface area contributed by atoms with Crippen LogP contribution in [-0.2, 0) is 4.79 Å². The van der Waals surface area contributed by atoms with Crippen molar-refractivity contribution in [1.29, 1.82) is 0 Å². The molecule has 0 aliphatic heterocycles. The topological polar surface area (TPSA) is 17.1 Å². The van der Waals surface area contributed by atoms with Crippen LogP contribution in [0.25, 0.3) is 0 Å². The van der Waals surface area contributed by atoms with Crippen LogP contribution in [0.3, 0.4) is 0 Å². The van der Waals surface area contributed by atoms with E-state index in [-0.39, 0.29) is 5.41 Å². The lowest BCUT2D eigenvalue weighted by atomic mass is 9.46. The van der Waals surface area contributed by atoms with E-state index in [2.05, 4.69) is 26.0 Å². The molecule has 0 bridgehead atoms. The fourth-order valence-corrected chi connectivity index (χ4v) is 6.61. The minimum atomic E-state index is 0.0505. The summed E-state index contributed by atoms with van der Waals surface area (Å²) in [5.74, 6) is 3.92. The fourth-order valence-electron chi connectivity index (χ4n) is 6.61. The Kier molecular flexibility index (Phi) is 2.76. The van der Waals surface area contributed by atoms with Crippen molar-refractivity contribution in [2.24, 2.45) is 34.5 Å². The Hall–Kier alpha value is -0.590. The lowest BCUT2D eigenvalue weighted by molar-refractivity contribution is -0.136. The van der Waals surface area contributed by atoms with Gasteiger partial charge in [0, 0.05) is 11.8 Å². The van der Waals surface area contributed by atoms with Crippen LogP contribution in [0.1, 0.15) is 65.2 Å². The maximum atomic E-state index is 12.4. The van der Waals surface area contributed by atoms with Gasteiger partial charge in [0.2, 0.25) is 0 Å². The highest BCUT2D eigenvalue weighted by Gasteiger charge is 2.59. The third-order valence-electron chi connectivity index (χ3n) is 7.92. The first-order chi connectivity index (χ1) is 9.56. The van der Waals surface area contributed by atoms with Gasteiger partial charge in [-0.25, -0.2) is 0 Å². The van der Waals surface area contributed by atoms with Crippen LogP contribution in [-0.4, -0.2) is 5.78 Å². The Balaban J connectivity index is 1.68. The summed E-state index contributed by atoms with van der Waals surface area (Å²) < 4.78 is 0. The molecule has 0 N–H and O–H groups in total. The summed E-state index contributed by atoms with van der Waals surface area (Å²) in [5.41, 5.74) is 0.583. The number of hydrogen-bond acceptors (Lipinski definition) is 1. The summed E-state index contributed by atoms with van der Waals surface area (Å²) in [6, 6.07) is 0. The van der Waals surface area contributed by atoms with E-state index in [1.54, 1.807) is 0 Å². The molecule has 0 aromatic heterocycles. The standard InChI is InChI=1S/C19H28O/c1-18-11-4-3-5-13(18)6-7-14-15-8-9-17(20)19(15,2)12-10-16(14)18/h3-4,13-16H,5-12H2,1-2H3/t13-,14-,15+,16-,18+,19-/m1/s1. The number of fused-ring (bicyclic) bond motifs is 5. The summed E-state index contributed by atoms with van der Waals surface area (Å²) in [6.07, 6.45) is 14.8. The second-order valence-electron chi connectivity index (χ2n) is 8.49. The molecule has 0 spiro atoms. The van der Waals surface area contributed by atoms with Crippen molar-refractivity contribution < 1.29 is 4.79 Å². The quantitative estimate of drug-likeness (QED) is 0.581. The van der Waals surface area contributed by atoms with Crippen molar-refractivity contribution in [3.63, 3.8) is 0 Å². The van der Waals surface area contributed by atoms with Crippen LogP contribution in [0.5, 0.6) is 0 Å². The normalized spacial score (nSPS) is 54.2. The molecule has 0 heterocycles. The molecule has 3 saturated carbocycles. The average molecular weight is 272 g/mol. The van der Waals surface area contributed by atoms with Gasteiger partial charge < -0.3 is 0 Å². The van der Waals surface area contributed by atoms with E-state index >= 15 is 0 Å². The third-order valence-corrected chi connectivity index (χ3v) is 7.92. The Morgan fingerprint density at radius 2 is 1.90 bits per heavy atom. The first-order valence-corrected chi connectivity index (χ1v) is 8.74. The number of carbonyl (C=O) groups excluding carboxylic acids is 1. The Morgan fingerprint density at radius 3 is 2.75 bits per heavy atom. The summed E-state index contributed by atoms with van der Waals surface area (Å²) in [5, 5.41) is 0. The van der Waals surface area contributed by atoms with Crippen molar-refractivity contribution in [2.75, 3.05) is 0 Å². The molecule has 1 nitrogen and oxygen atoms in total. The van der Waals surface area contributed by atoms with Crippen LogP contribution in [0.4, 0.5) is 0 Å². The highest BCUT2D eigenvalue weighted by molar-refractivity contribution is 5.87. The largest absolute Gasteiger partial charge is 0.299 e. The van der Waals surface area contributed by atoms with Gasteiger partial charge >= 0.3 is 0 Å². The summed E-state index contributed by atoms with van der Waals surface area (Å²) >= 11 is 0. The SMILES string of the molecule is C[C@]12CC=CC[C@@H]1CC[C@H]1[C@H]2CC[C@@]2(C)C(=O)CC[C@@H]12. The summed E-state index contributed by atoms with van der Waals surface area (Å²) in [7, 11) is 0. The Morgan fingerprint density at radius 1 is 1.05 bits per heavy atom. The van der Waals surface area contributed by atoms with Crippen LogP contribution >= 0.6 is 0 Å². The van der Waals surface area contributed by atoms with Gasteiger partial charge in [0.15, 0.2) is 0 Å². The Bertz CT molecular complexity index is 464. The molecule has 0 unspecified atom stereocenters. The minimum absolute atomic E-state index is 0.0505. The maximum Gasteiger partial charge on any atom is 0.139 e. The minimum Gasteiger partial charge on any atom is -0.299 e. The van der Waals surface area contributed by atoms with Gasteiger partial charge in [-0.3, -0.25) is 4.79 Å². The van der Waals surface area contributed by atoms with Crippen molar-refractivity contribution in [2.45, 2.75) is 65.2 Å². The molecule has 1 heteroatoms. The van der Waals surface area contributed by atoms with Gasteiger partial charge in [0.1, 0.15) is 5.78 Å². The third kappa shape index (κ3) is 1.53. The van der Waals surface area contributed by atoms with E-state index in [4.69, 9.17) is 0 Å². The number of Topliss-reactive ketones (excluding diaryl/α,β-unsaturated/α-hetero) is 1. The van der Waals surface area contributed by atoms with E-state index in [9.17, 15) is 4.79 Å². The first kappa shape index (κ1) is 13.1. The molecule has 0 radical (unpaired) electrons. The number of carbonyl (C=O) groups is 1. The highest BCUT2D eigenvalue weighted by Crippen LogP contribution is 2.64. The molecular formula is C19H28O. The maximum absolute atomic E-state index is 12.4. The van der Waals surface area contributed by atoms with Crippen molar-refractivity contribution in [1.82, 2.24) is 0 Å². The second-order valence-corrected chi connectivity index (χ2v) is 8.49. The van der Waals surface area contributed by atoms with Crippen LogP contribution in [0.15, 0.2) is 12.2 Å². The lowest BCUT2D eigenvalue weighted by Gasteiger charge is -2.58. The van der Waals surface area contributed by atoms with Crippen LogP contribution in [0.2, 0.25) is 0 Å². The highest BCUT2D eigenvalue weighted by atomic mass is 16.1. The zero-order valence-corrected chi connectivity index (χ0v) is 13.0. The molecule has 4 aliphatic carbocycles. The zero-order chi connectivity index (χ0) is 14.0. The van der Waals surface area contributed by atoms with E-state index in [1.165, 1.54) is 44.9 Å². The predicted octanol–water partition coefficient (Wildman–Crippen LogP) is 4.76. The molecule has 6 atom stereocenters. The van der Waals surface area contributed by atoms with E-state index in [0.29, 0.717) is 17.1 Å². The fraction of sp³-hybridized carbons (Fsp3) is 0.842. The molecule has 20 heavy (non-hydrogen) atoms. The van der Waals surface area contributed by atoms with Gasteiger partial charge in [0.25, 0.3) is 0 Å². The van der Waals surface area contributed by atoms with Gasteiger partial charge in [0.05, 0.1) is 0 Å². The molecule has 4 rings (SSSR count). The first-order valence-electron chi connectivity index (χ1n) is 8.74. The van der Waals surface area contributed by atoms with Crippen LogP contribution < -0.4 is 0 Å². The summed E-state index contributed by atoms with van der Waals surface area (Å²) in [4.78, 5) is 12.4. The van der Waals surface area contributed by atoms with Crippen LogP contribution in [0, 0.1) is 34.5 Å². The van der Waals surface area contributed by atoms with E-state index in [0.717, 1.165) is 24.2 Å². The van der Waals surface area contributed by atoms with Crippen molar-refractivity contribution in [3.05, 3.63) is 12.2 Å². The van der Waals surface area contributed by atoms with Crippen molar-refractivity contribution in [3.8, 4) is 0 Å². The van der Waals surface area contributed by atoms with Gasteiger partial charge in [-0.1, -0.05) is 26.0 Å². The summed E-state index contributed by atoms with van der Waals surface area (Å²) in [6.45, 7) is 4.86. The lowest BCUT2D eigenvalue weighted by Crippen LogP contribution is -2.52. The van der Waals surface area contributed by atoms with Crippen molar-refractivity contribution >= 4 is 5.78 Å². The Labute approximate surface area is 123 Å². The molecule has 0 saturated heterocycles. The molecule has 0 aromatic carbocycles. The zero-order valence-electron chi connectivity index (χ0n) is 13.0. The molecule has 0 amide bonds. The number of rotatable bonds is 0. The molecular weight excluding hydrogens is 244 g/mol. The van der Waals surface area contributed by atoms with E-state index in [1.807, 2.05) is 0 Å². The van der Waals surface area contributed by atoms with Gasteiger partial charge in [-0.2, -0.15) is 0 Å². The molecule has 0 aromatic rings.